The molecule has 4 fully saturated rings. The predicted molar refractivity (Wildman–Crippen MR) is 99.6 cm³/mol. The molecule has 0 spiro atoms. The van der Waals surface area contributed by atoms with Gasteiger partial charge in [0.25, 0.3) is 0 Å². The lowest BCUT2D eigenvalue weighted by molar-refractivity contribution is -0.173. The Balaban J connectivity index is 1.45. The van der Waals surface area contributed by atoms with Gasteiger partial charge in [-0.05, 0) is 101 Å². The molecule has 0 unspecified atom stereocenters. The molecule has 0 heterocycles. The SMILES string of the molecule is O=C(OC1CCC(CCCCl)CC1)C12CCC(CCCF)(CC1)CC2. The monoisotopic (exact) mass is 372 g/mol. The fourth-order valence-electron chi connectivity index (χ4n) is 5.57. The summed E-state index contributed by atoms with van der Waals surface area (Å²) < 4.78 is 18.5. The summed E-state index contributed by atoms with van der Waals surface area (Å²) in [6.07, 6.45) is 14.7. The Kier molecular flexibility index (Phi) is 6.68. The Bertz CT molecular complexity index is 421. The van der Waals surface area contributed by atoms with Crippen molar-refractivity contribution in [2.45, 2.75) is 96.0 Å². The number of rotatable bonds is 8. The van der Waals surface area contributed by atoms with Gasteiger partial charge in [0.2, 0.25) is 0 Å². The van der Waals surface area contributed by atoms with Crippen LogP contribution in [0.3, 0.4) is 0 Å². The van der Waals surface area contributed by atoms with E-state index in [4.69, 9.17) is 16.3 Å². The standard InChI is InChI=1S/C21H34ClFO2/c22-15-1-3-17-4-6-18(7-5-17)25-19(24)21-12-9-20(10-13-21,11-14-21)8-2-16-23/h17-18H,1-16H2. The van der Waals surface area contributed by atoms with Crippen molar-refractivity contribution < 1.29 is 13.9 Å². The maximum absolute atomic E-state index is 12.9. The Morgan fingerprint density at radius 3 is 2.20 bits per heavy atom. The summed E-state index contributed by atoms with van der Waals surface area (Å²) >= 11 is 5.79. The number of fused-ring (bicyclic) bond motifs is 3. The Morgan fingerprint density at radius 1 is 1.00 bits per heavy atom. The number of carbonyl (C=O) groups is 1. The minimum absolute atomic E-state index is 0.0792. The van der Waals surface area contributed by atoms with E-state index in [1.54, 1.807) is 0 Å². The third kappa shape index (κ3) is 4.51. The molecule has 25 heavy (non-hydrogen) atoms. The molecule has 0 saturated heterocycles. The van der Waals surface area contributed by atoms with Gasteiger partial charge in [0.05, 0.1) is 12.1 Å². The predicted octanol–water partition coefficient (Wildman–Crippen LogP) is 6.20. The molecule has 4 aliphatic carbocycles. The number of esters is 1. The molecule has 0 atom stereocenters. The summed E-state index contributed by atoms with van der Waals surface area (Å²) in [5.74, 6) is 1.60. The first-order chi connectivity index (χ1) is 12.1. The molecule has 144 valence electrons. The molecular weight excluding hydrogens is 339 g/mol. The first kappa shape index (κ1) is 19.5. The second kappa shape index (κ2) is 8.59. The number of hydrogen-bond acceptors (Lipinski definition) is 2. The molecular formula is C21H34ClFO2. The van der Waals surface area contributed by atoms with Gasteiger partial charge in [-0.2, -0.15) is 0 Å². The Morgan fingerprint density at radius 2 is 1.64 bits per heavy atom. The highest BCUT2D eigenvalue weighted by Gasteiger charge is 2.53. The lowest BCUT2D eigenvalue weighted by Crippen LogP contribution is -2.47. The van der Waals surface area contributed by atoms with Crippen LogP contribution in [-0.4, -0.2) is 24.6 Å². The van der Waals surface area contributed by atoms with E-state index >= 15 is 0 Å². The van der Waals surface area contributed by atoms with E-state index in [0.29, 0.717) is 11.8 Å². The molecule has 4 heteroatoms. The fourth-order valence-corrected chi connectivity index (χ4v) is 5.72. The summed E-state index contributed by atoms with van der Waals surface area (Å²) in [7, 11) is 0. The van der Waals surface area contributed by atoms with Crippen LogP contribution in [-0.2, 0) is 9.53 Å². The lowest BCUT2D eigenvalue weighted by Gasteiger charge is -2.52. The largest absolute Gasteiger partial charge is 0.462 e. The van der Waals surface area contributed by atoms with Crippen LogP contribution in [0.15, 0.2) is 0 Å². The summed E-state index contributed by atoms with van der Waals surface area (Å²) in [5.41, 5.74) is 0.113. The molecule has 0 aromatic rings. The summed E-state index contributed by atoms with van der Waals surface area (Å²) in [5, 5.41) is 0. The highest BCUT2D eigenvalue weighted by Crippen LogP contribution is 2.59. The van der Waals surface area contributed by atoms with Crippen LogP contribution in [0, 0.1) is 16.7 Å². The highest BCUT2D eigenvalue weighted by molar-refractivity contribution is 6.17. The third-order valence-electron chi connectivity index (χ3n) is 7.49. The van der Waals surface area contributed by atoms with Crippen LogP contribution in [0.25, 0.3) is 0 Å². The first-order valence-corrected chi connectivity index (χ1v) is 11.0. The van der Waals surface area contributed by atoms with E-state index in [9.17, 15) is 9.18 Å². The zero-order valence-corrected chi connectivity index (χ0v) is 16.3. The van der Waals surface area contributed by atoms with Crippen molar-refractivity contribution in [3.63, 3.8) is 0 Å². The van der Waals surface area contributed by atoms with Gasteiger partial charge in [-0.15, -0.1) is 11.6 Å². The van der Waals surface area contributed by atoms with Gasteiger partial charge in [0.1, 0.15) is 6.10 Å². The van der Waals surface area contributed by atoms with Crippen molar-refractivity contribution >= 4 is 17.6 Å². The fraction of sp³-hybridized carbons (Fsp3) is 0.952. The molecule has 0 N–H and O–H groups in total. The van der Waals surface area contributed by atoms with Gasteiger partial charge >= 0.3 is 5.97 Å². The maximum atomic E-state index is 12.9. The van der Waals surface area contributed by atoms with Gasteiger partial charge in [-0.25, -0.2) is 0 Å². The smallest absolute Gasteiger partial charge is 0.312 e. The Labute approximate surface area is 157 Å². The quantitative estimate of drug-likeness (QED) is 0.374. The molecule has 0 amide bonds. The van der Waals surface area contributed by atoms with Gasteiger partial charge in [-0.3, -0.25) is 9.18 Å². The van der Waals surface area contributed by atoms with E-state index in [-0.39, 0.29) is 24.2 Å². The summed E-state index contributed by atoms with van der Waals surface area (Å²) in [4.78, 5) is 12.9. The number of halogens is 2. The molecule has 4 rings (SSSR count). The molecule has 0 aromatic carbocycles. The average molecular weight is 373 g/mol. The van der Waals surface area contributed by atoms with Crippen molar-refractivity contribution in [3.8, 4) is 0 Å². The van der Waals surface area contributed by atoms with Crippen LogP contribution in [0.2, 0.25) is 0 Å². The van der Waals surface area contributed by atoms with Gasteiger partial charge in [0, 0.05) is 5.88 Å². The van der Waals surface area contributed by atoms with Gasteiger partial charge in [-0.1, -0.05) is 0 Å². The van der Waals surface area contributed by atoms with E-state index in [2.05, 4.69) is 0 Å². The lowest BCUT2D eigenvalue weighted by atomic mass is 9.52. The minimum Gasteiger partial charge on any atom is -0.462 e. The van der Waals surface area contributed by atoms with Crippen LogP contribution >= 0.6 is 11.6 Å². The van der Waals surface area contributed by atoms with Crippen LogP contribution < -0.4 is 0 Å². The molecule has 2 nitrogen and oxygen atoms in total. The molecule has 0 aliphatic heterocycles. The minimum atomic E-state index is -0.215. The average Bonchev–Trinajstić information content (AvgIpc) is 2.67. The van der Waals surface area contributed by atoms with E-state index in [1.807, 2.05) is 0 Å². The Hall–Kier alpha value is -0.310. The second-order valence-electron chi connectivity index (χ2n) is 8.95. The zero-order chi connectivity index (χ0) is 17.8. The van der Waals surface area contributed by atoms with Gasteiger partial charge < -0.3 is 4.74 Å². The van der Waals surface area contributed by atoms with Crippen LogP contribution in [0.4, 0.5) is 4.39 Å². The summed E-state index contributed by atoms with van der Waals surface area (Å²) in [6, 6.07) is 0. The number of hydrogen-bond donors (Lipinski definition) is 0. The van der Waals surface area contributed by atoms with Crippen molar-refractivity contribution in [2.75, 3.05) is 12.6 Å². The topological polar surface area (TPSA) is 26.3 Å². The normalized spacial score (nSPS) is 37.8. The number of carbonyl (C=O) groups excluding carboxylic acids is 1. The van der Waals surface area contributed by atoms with Crippen molar-refractivity contribution in [2.24, 2.45) is 16.7 Å². The maximum Gasteiger partial charge on any atom is 0.312 e. The number of ether oxygens (including phenoxy) is 1. The van der Waals surface area contributed by atoms with E-state index < -0.39 is 0 Å². The zero-order valence-electron chi connectivity index (χ0n) is 15.5. The van der Waals surface area contributed by atoms with Crippen LogP contribution in [0.1, 0.15) is 89.9 Å². The molecule has 0 aromatic heterocycles. The van der Waals surface area contributed by atoms with Crippen LogP contribution in [0.5, 0.6) is 0 Å². The molecule has 4 aliphatic rings. The van der Waals surface area contributed by atoms with E-state index in [1.165, 1.54) is 19.3 Å². The molecule has 0 radical (unpaired) electrons. The highest BCUT2D eigenvalue weighted by atomic mass is 35.5. The third-order valence-corrected chi connectivity index (χ3v) is 7.76. The molecule has 4 saturated carbocycles. The van der Waals surface area contributed by atoms with Gasteiger partial charge in [0.15, 0.2) is 0 Å². The van der Waals surface area contributed by atoms with E-state index in [0.717, 1.165) is 76.0 Å². The van der Waals surface area contributed by atoms with Crippen molar-refractivity contribution in [1.29, 1.82) is 0 Å². The second-order valence-corrected chi connectivity index (χ2v) is 9.33. The molecule has 2 bridgehead atoms. The summed E-state index contributed by atoms with van der Waals surface area (Å²) in [6.45, 7) is -0.206. The van der Waals surface area contributed by atoms with Crippen molar-refractivity contribution in [1.82, 2.24) is 0 Å². The van der Waals surface area contributed by atoms with Crippen molar-refractivity contribution in [3.05, 3.63) is 0 Å². The first-order valence-electron chi connectivity index (χ1n) is 10.4. The number of alkyl halides is 2.